The van der Waals surface area contributed by atoms with E-state index in [0.717, 1.165) is 0 Å². The fourth-order valence-electron chi connectivity index (χ4n) is 1.57. The van der Waals surface area contributed by atoms with Gasteiger partial charge in [-0.15, -0.1) is 0 Å². The van der Waals surface area contributed by atoms with Gasteiger partial charge in [-0.05, 0) is 11.4 Å². The molecule has 0 N–H and O–H groups in total. The number of hydrogen-bond donors (Lipinski definition) is 0. The first-order valence-electron chi connectivity index (χ1n) is 4.80. The summed E-state index contributed by atoms with van der Waals surface area (Å²) in [5, 5.41) is 3.67. The van der Waals surface area contributed by atoms with Gasteiger partial charge >= 0.3 is 0 Å². The molecule has 15 heavy (non-hydrogen) atoms. The molecule has 0 saturated carbocycles. The van der Waals surface area contributed by atoms with E-state index >= 15 is 0 Å². The number of hydrogen-bond acceptors (Lipinski definition) is 3. The van der Waals surface area contributed by atoms with Gasteiger partial charge in [0.1, 0.15) is 12.8 Å². The van der Waals surface area contributed by atoms with Gasteiger partial charge in [0.25, 0.3) is 5.91 Å². The van der Waals surface area contributed by atoms with Crippen molar-refractivity contribution in [2.45, 2.75) is 6.10 Å². The summed E-state index contributed by atoms with van der Waals surface area (Å²) in [6.45, 7) is 0.786. The minimum absolute atomic E-state index is 0.0296. The molecule has 1 aliphatic heterocycles. The standard InChI is InChI=1S/C10H12FNO2S/c11-5-9-6-12(2-3-14-9)10(13)8-1-4-15-7-8/h1,4,7,9H,2-3,5-6H2/t9-/m1/s1. The Morgan fingerprint density at radius 2 is 2.60 bits per heavy atom. The first-order valence-corrected chi connectivity index (χ1v) is 5.74. The van der Waals surface area contributed by atoms with Crippen LogP contribution in [-0.2, 0) is 4.74 Å². The molecule has 5 heteroatoms. The third-order valence-corrected chi connectivity index (χ3v) is 3.05. The highest BCUT2D eigenvalue weighted by Crippen LogP contribution is 2.13. The highest BCUT2D eigenvalue weighted by molar-refractivity contribution is 7.08. The topological polar surface area (TPSA) is 29.5 Å². The normalized spacial score (nSPS) is 21.7. The molecule has 1 aromatic rings. The van der Waals surface area contributed by atoms with E-state index in [1.165, 1.54) is 11.3 Å². The zero-order valence-corrected chi connectivity index (χ0v) is 9.00. The number of morpholine rings is 1. The summed E-state index contributed by atoms with van der Waals surface area (Å²) in [6, 6.07) is 1.78. The zero-order chi connectivity index (χ0) is 10.7. The quantitative estimate of drug-likeness (QED) is 0.770. The second kappa shape index (κ2) is 4.72. The summed E-state index contributed by atoms with van der Waals surface area (Å²) < 4.78 is 17.6. The van der Waals surface area contributed by atoms with Crippen molar-refractivity contribution >= 4 is 17.2 Å². The smallest absolute Gasteiger partial charge is 0.254 e. The van der Waals surface area contributed by atoms with Crippen molar-refractivity contribution in [3.8, 4) is 0 Å². The van der Waals surface area contributed by atoms with Crippen LogP contribution < -0.4 is 0 Å². The predicted octanol–water partition coefficient (Wildman–Crippen LogP) is 1.56. The number of thiophene rings is 1. The Balaban J connectivity index is 2.01. The van der Waals surface area contributed by atoms with Gasteiger partial charge in [-0.2, -0.15) is 11.3 Å². The molecule has 0 unspecified atom stereocenters. The molecular formula is C10H12FNO2S. The zero-order valence-electron chi connectivity index (χ0n) is 8.19. The van der Waals surface area contributed by atoms with Crippen molar-refractivity contribution in [2.75, 3.05) is 26.4 Å². The van der Waals surface area contributed by atoms with Gasteiger partial charge in [-0.25, -0.2) is 4.39 Å². The van der Waals surface area contributed by atoms with Crippen molar-refractivity contribution in [1.82, 2.24) is 4.90 Å². The number of amides is 1. The highest BCUT2D eigenvalue weighted by atomic mass is 32.1. The summed E-state index contributed by atoms with van der Waals surface area (Å²) in [5.41, 5.74) is 0.680. The molecule has 1 saturated heterocycles. The lowest BCUT2D eigenvalue weighted by atomic mass is 10.2. The summed E-state index contributed by atoms with van der Waals surface area (Å²) in [7, 11) is 0. The van der Waals surface area contributed by atoms with E-state index in [4.69, 9.17) is 4.74 Å². The molecule has 1 fully saturated rings. The minimum Gasteiger partial charge on any atom is -0.372 e. The molecule has 1 atom stereocenters. The number of carbonyl (C=O) groups is 1. The van der Waals surface area contributed by atoms with Crippen LogP contribution in [0.4, 0.5) is 4.39 Å². The number of ether oxygens (including phenoxy) is 1. The van der Waals surface area contributed by atoms with Crippen molar-refractivity contribution < 1.29 is 13.9 Å². The van der Waals surface area contributed by atoms with Crippen LogP contribution in [0.5, 0.6) is 0 Å². The SMILES string of the molecule is O=C(c1ccsc1)N1CCO[C@H](CF)C1. The largest absolute Gasteiger partial charge is 0.372 e. The van der Waals surface area contributed by atoms with E-state index in [9.17, 15) is 9.18 Å². The molecule has 1 aromatic heterocycles. The van der Waals surface area contributed by atoms with Crippen LogP contribution in [0.15, 0.2) is 16.8 Å². The fourth-order valence-corrected chi connectivity index (χ4v) is 2.20. The van der Waals surface area contributed by atoms with Gasteiger partial charge in [0, 0.05) is 18.5 Å². The maximum atomic E-state index is 12.4. The first-order chi connectivity index (χ1) is 7.31. The third kappa shape index (κ3) is 2.35. The van der Waals surface area contributed by atoms with Crippen LogP contribution >= 0.6 is 11.3 Å². The number of nitrogens with zero attached hydrogens (tertiary/aromatic N) is 1. The number of halogens is 1. The molecule has 1 amide bonds. The molecule has 3 nitrogen and oxygen atoms in total. The number of carbonyl (C=O) groups excluding carboxylic acids is 1. The average molecular weight is 229 g/mol. The van der Waals surface area contributed by atoms with Crippen LogP contribution in [0.25, 0.3) is 0 Å². The molecule has 0 aliphatic carbocycles. The van der Waals surface area contributed by atoms with E-state index in [1.54, 1.807) is 11.0 Å². The van der Waals surface area contributed by atoms with Gasteiger partial charge in [0.05, 0.1) is 12.2 Å². The van der Waals surface area contributed by atoms with Crippen molar-refractivity contribution in [3.05, 3.63) is 22.4 Å². The van der Waals surface area contributed by atoms with E-state index < -0.39 is 12.8 Å². The van der Waals surface area contributed by atoms with Crippen LogP contribution in [-0.4, -0.2) is 43.3 Å². The maximum Gasteiger partial charge on any atom is 0.254 e. The highest BCUT2D eigenvalue weighted by Gasteiger charge is 2.24. The first kappa shape index (κ1) is 10.6. The Labute approximate surface area is 91.5 Å². The van der Waals surface area contributed by atoms with E-state index in [2.05, 4.69) is 0 Å². The van der Waals surface area contributed by atoms with Crippen LogP contribution in [0, 0.1) is 0 Å². The Bertz CT molecular complexity index is 328. The molecule has 82 valence electrons. The third-order valence-electron chi connectivity index (χ3n) is 2.37. The molecular weight excluding hydrogens is 217 g/mol. The molecule has 0 aromatic carbocycles. The number of alkyl halides is 1. The van der Waals surface area contributed by atoms with Crippen molar-refractivity contribution in [2.24, 2.45) is 0 Å². The summed E-state index contributed by atoms with van der Waals surface area (Å²) in [5.74, 6) is -0.0296. The predicted molar refractivity (Wildman–Crippen MR) is 55.9 cm³/mol. The van der Waals surface area contributed by atoms with Gasteiger partial charge < -0.3 is 9.64 Å². The van der Waals surface area contributed by atoms with Crippen LogP contribution in [0.3, 0.4) is 0 Å². The Morgan fingerprint density at radius 1 is 1.73 bits per heavy atom. The Hall–Kier alpha value is -0.940. The average Bonchev–Trinajstić information content (AvgIpc) is 2.81. The van der Waals surface area contributed by atoms with Gasteiger partial charge in [-0.3, -0.25) is 4.79 Å². The van der Waals surface area contributed by atoms with Gasteiger partial charge in [-0.1, -0.05) is 0 Å². The summed E-state index contributed by atoms with van der Waals surface area (Å²) in [4.78, 5) is 13.5. The number of rotatable bonds is 2. The fraction of sp³-hybridized carbons (Fsp3) is 0.500. The molecule has 1 aliphatic rings. The maximum absolute atomic E-state index is 12.4. The second-order valence-electron chi connectivity index (χ2n) is 3.41. The molecule has 0 spiro atoms. The Morgan fingerprint density at radius 3 is 3.27 bits per heavy atom. The lowest BCUT2D eigenvalue weighted by Gasteiger charge is -2.31. The molecule has 0 radical (unpaired) electrons. The molecule has 2 heterocycles. The van der Waals surface area contributed by atoms with Gasteiger partial charge in [0.15, 0.2) is 0 Å². The lowest BCUT2D eigenvalue weighted by Crippen LogP contribution is -2.46. The van der Waals surface area contributed by atoms with Crippen LogP contribution in [0.1, 0.15) is 10.4 Å². The second-order valence-corrected chi connectivity index (χ2v) is 4.19. The van der Waals surface area contributed by atoms with Crippen molar-refractivity contribution in [3.63, 3.8) is 0 Å². The van der Waals surface area contributed by atoms with E-state index in [0.29, 0.717) is 25.3 Å². The lowest BCUT2D eigenvalue weighted by molar-refractivity contribution is -0.0310. The van der Waals surface area contributed by atoms with Crippen LogP contribution in [0.2, 0.25) is 0 Å². The molecule has 0 bridgehead atoms. The molecule has 2 rings (SSSR count). The van der Waals surface area contributed by atoms with Gasteiger partial charge in [0.2, 0.25) is 0 Å². The van der Waals surface area contributed by atoms with E-state index in [-0.39, 0.29) is 5.91 Å². The minimum atomic E-state index is -0.534. The summed E-state index contributed by atoms with van der Waals surface area (Å²) in [6.07, 6.45) is -0.457. The Kier molecular flexibility index (Phi) is 3.33. The van der Waals surface area contributed by atoms with E-state index in [1.807, 2.05) is 10.8 Å². The van der Waals surface area contributed by atoms with Crippen molar-refractivity contribution in [1.29, 1.82) is 0 Å². The summed E-state index contributed by atoms with van der Waals surface area (Å²) >= 11 is 1.49. The monoisotopic (exact) mass is 229 g/mol.